The molecule has 1 fully saturated rings. The SMILES string of the molecule is CC(C)COCCC(CNC1CC1)c1cccc(Br)c1. The first-order chi connectivity index (χ1) is 9.65. The van der Waals surface area contributed by atoms with E-state index >= 15 is 0 Å². The van der Waals surface area contributed by atoms with Gasteiger partial charge in [-0.2, -0.15) is 0 Å². The van der Waals surface area contributed by atoms with E-state index in [-0.39, 0.29) is 0 Å². The Labute approximate surface area is 131 Å². The predicted octanol–water partition coefficient (Wildman–Crippen LogP) is 4.35. The van der Waals surface area contributed by atoms with Crippen molar-refractivity contribution in [2.75, 3.05) is 19.8 Å². The highest BCUT2D eigenvalue weighted by atomic mass is 79.9. The quantitative estimate of drug-likeness (QED) is 0.675. The van der Waals surface area contributed by atoms with Crippen molar-refractivity contribution in [1.82, 2.24) is 5.32 Å². The topological polar surface area (TPSA) is 21.3 Å². The zero-order chi connectivity index (χ0) is 14.4. The summed E-state index contributed by atoms with van der Waals surface area (Å²) >= 11 is 3.57. The van der Waals surface area contributed by atoms with E-state index in [1.807, 2.05) is 0 Å². The molecule has 0 bridgehead atoms. The molecule has 0 radical (unpaired) electrons. The normalized spacial score (nSPS) is 16.6. The molecule has 112 valence electrons. The monoisotopic (exact) mass is 339 g/mol. The number of hydrogen-bond acceptors (Lipinski definition) is 2. The molecule has 1 saturated carbocycles. The molecule has 20 heavy (non-hydrogen) atoms. The lowest BCUT2D eigenvalue weighted by Crippen LogP contribution is -2.24. The summed E-state index contributed by atoms with van der Waals surface area (Å²) in [4.78, 5) is 0. The van der Waals surface area contributed by atoms with Gasteiger partial charge in [0, 0.05) is 30.3 Å². The molecule has 1 atom stereocenters. The minimum absolute atomic E-state index is 0.542. The van der Waals surface area contributed by atoms with Crippen LogP contribution in [0.3, 0.4) is 0 Å². The van der Waals surface area contributed by atoms with Gasteiger partial charge in [-0.3, -0.25) is 0 Å². The summed E-state index contributed by atoms with van der Waals surface area (Å²) in [6.45, 7) is 7.16. The first-order valence-corrected chi connectivity index (χ1v) is 8.51. The summed E-state index contributed by atoms with van der Waals surface area (Å²) in [5.74, 6) is 1.16. The fourth-order valence-electron chi connectivity index (χ4n) is 2.29. The largest absolute Gasteiger partial charge is 0.381 e. The Hall–Kier alpha value is -0.380. The van der Waals surface area contributed by atoms with Crippen molar-refractivity contribution >= 4 is 15.9 Å². The van der Waals surface area contributed by atoms with Crippen molar-refractivity contribution < 1.29 is 4.74 Å². The van der Waals surface area contributed by atoms with Crippen LogP contribution in [0.25, 0.3) is 0 Å². The van der Waals surface area contributed by atoms with Gasteiger partial charge in [-0.15, -0.1) is 0 Å². The zero-order valence-electron chi connectivity index (χ0n) is 12.6. The fourth-order valence-corrected chi connectivity index (χ4v) is 2.71. The molecule has 2 rings (SSSR count). The Balaban J connectivity index is 1.85. The number of ether oxygens (including phenoxy) is 1. The molecule has 0 saturated heterocycles. The third-order valence-corrected chi connectivity index (χ3v) is 4.11. The molecule has 0 amide bonds. The second-order valence-electron chi connectivity index (χ2n) is 6.19. The van der Waals surface area contributed by atoms with E-state index in [1.54, 1.807) is 0 Å². The van der Waals surface area contributed by atoms with Gasteiger partial charge in [-0.25, -0.2) is 0 Å². The van der Waals surface area contributed by atoms with Crippen LogP contribution >= 0.6 is 15.9 Å². The number of nitrogens with one attached hydrogen (secondary N) is 1. The molecule has 0 aliphatic heterocycles. The molecule has 0 heterocycles. The van der Waals surface area contributed by atoms with Gasteiger partial charge in [-0.1, -0.05) is 41.9 Å². The van der Waals surface area contributed by atoms with Gasteiger partial charge >= 0.3 is 0 Å². The summed E-state index contributed by atoms with van der Waals surface area (Å²) < 4.78 is 6.92. The summed E-state index contributed by atoms with van der Waals surface area (Å²) in [5.41, 5.74) is 1.40. The number of benzene rings is 1. The van der Waals surface area contributed by atoms with Crippen LogP contribution < -0.4 is 5.32 Å². The highest BCUT2D eigenvalue weighted by molar-refractivity contribution is 9.10. The van der Waals surface area contributed by atoms with Crippen molar-refractivity contribution in [2.45, 2.75) is 45.1 Å². The Kier molecular flexibility index (Phi) is 6.53. The van der Waals surface area contributed by atoms with Gasteiger partial charge in [0.1, 0.15) is 0 Å². The van der Waals surface area contributed by atoms with Crippen molar-refractivity contribution in [3.05, 3.63) is 34.3 Å². The second-order valence-corrected chi connectivity index (χ2v) is 7.11. The van der Waals surface area contributed by atoms with Crippen molar-refractivity contribution in [3.63, 3.8) is 0 Å². The molecule has 0 spiro atoms. The van der Waals surface area contributed by atoms with E-state index in [4.69, 9.17) is 4.74 Å². The lowest BCUT2D eigenvalue weighted by atomic mass is 9.96. The van der Waals surface area contributed by atoms with Crippen molar-refractivity contribution in [1.29, 1.82) is 0 Å². The second kappa shape index (κ2) is 8.16. The summed E-state index contributed by atoms with van der Waals surface area (Å²) in [6, 6.07) is 9.44. The van der Waals surface area contributed by atoms with Crippen LogP contribution in [0.2, 0.25) is 0 Å². The van der Waals surface area contributed by atoms with Gasteiger partial charge < -0.3 is 10.1 Å². The first kappa shape index (κ1) is 16.0. The minimum Gasteiger partial charge on any atom is -0.381 e. The average molecular weight is 340 g/mol. The molecule has 1 aromatic rings. The van der Waals surface area contributed by atoms with Gasteiger partial charge in [0.15, 0.2) is 0 Å². The Bertz CT molecular complexity index is 404. The van der Waals surface area contributed by atoms with Gasteiger partial charge in [0.25, 0.3) is 0 Å². The molecule has 1 unspecified atom stereocenters. The predicted molar refractivity (Wildman–Crippen MR) is 88.2 cm³/mol. The standard InChI is InChI=1S/C17H26BrNO/c1-13(2)12-20-9-8-15(11-19-17-6-7-17)14-4-3-5-16(18)10-14/h3-5,10,13,15,17,19H,6-9,11-12H2,1-2H3. The lowest BCUT2D eigenvalue weighted by molar-refractivity contribution is 0.103. The highest BCUT2D eigenvalue weighted by Crippen LogP contribution is 2.25. The summed E-state index contributed by atoms with van der Waals surface area (Å²) in [7, 11) is 0. The maximum absolute atomic E-state index is 5.76. The van der Waals surface area contributed by atoms with E-state index < -0.39 is 0 Å². The Morgan fingerprint density at radius 2 is 2.15 bits per heavy atom. The number of hydrogen-bond donors (Lipinski definition) is 1. The molecular weight excluding hydrogens is 314 g/mol. The van der Waals surface area contributed by atoms with E-state index in [1.165, 1.54) is 18.4 Å². The Morgan fingerprint density at radius 3 is 2.80 bits per heavy atom. The van der Waals surface area contributed by atoms with E-state index in [0.717, 1.165) is 36.7 Å². The molecule has 1 aromatic carbocycles. The molecule has 1 aliphatic rings. The third-order valence-electron chi connectivity index (χ3n) is 3.61. The van der Waals surface area contributed by atoms with Crippen molar-refractivity contribution in [2.24, 2.45) is 5.92 Å². The number of rotatable bonds is 9. The van der Waals surface area contributed by atoms with Crippen LogP contribution in [0.1, 0.15) is 44.6 Å². The summed E-state index contributed by atoms with van der Waals surface area (Å²) in [6.07, 6.45) is 3.77. The highest BCUT2D eigenvalue weighted by Gasteiger charge is 2.22. The van der Waals surface area contributed by atoms with E-state index in [2.05, 4.69) is 59.4 Å². The maximum Gasteiger partial charge on any atom is 0.0488 e. The smallest absolute Gasteiger partial charge is 0.0488 e. The first-order valence-electron chi connectivity index (χ1n) is 7.71. The van der Waals surface area contributed by atoms with E-state index in [9.17, 15) is 0 Å². The molecule has 1 N–H and O–H groups in total. The maximum atomic E-state index is 5.76. The Morgan fingerprint density at radius 1 is 1.35 bits per heavy atom. The van der Waals surface area contributed by atoms with Gasteiger partial charge in [-0.05, 0) is 48.8 Å². The van der Waals surface area contributed by atoms with Gasteiger partial charge in [0.2, 0.25) is 0 Å². The molecule has 3 heteroatoms. The van der Waals surface area contributed by atoms with Crippen LogP contribution in [0, 0.1) is 5.92 Å². The zero-order valence-corrected chi connectivity index (χ0v) is 14.2. The van der Waals surface area contributed by atoms with Gasteiger partial charge in [0.05, 0.1) is 0 Å². The lowest BCUT2D eigenvalue weighted by Gasteiger charge is -2.19. The minimum atomic E-state index is 0.542. The molecule has 1 aliphatic carbocycles. The molecule has 2 nitrogen and oxygen atoms in total. The summed E-state index contributed by atoms with van der Waals surface area (Å²) in [5, 5.41) is 3.65. The average Bonchev–Trinajstić information content (AvgIpc) is 3.21. The van der Waals surface area contributed by atoms with Crippen LogP contribution in [0.15, 0.2) is 28.7 Å². The molecular formula is C17H26BrNO. The molecule has 0 aromatic heterocycles. The van der Waals surface area contributed by atoms with Crippen LogP contribution in [0.5, 0.6) is 0 Å². The van der Waals surface area contributed by atoms with E-state index in [0.29, 0.717) is 11.8 Å². The number of halogens is 1. The van der Waals surface area contributed by atoms with Crippen molar-refractivity contribution in [3.8, 4) is 0 Å². The van der Waals surface area contributed by atoms with Crippen LogP contribution in [-0.4, -0.2) is 25.8 Å². The van der Waals surface area contributed by atoms with Crippen LogP contribution in [-0.2, 0) is 4.74 Å². The van der Waals surface area contributed by atoms with Crippen LogP contribution in [0.4, 0.5) is 0 Å². The third kappa shape index (κ3) is 5.94. The fraction of sp³-hybridized carbons (Fsp3) is 0.647.